The van der Waals surface area contributed by atoms with Crippen molar-refractivity contribution in [3.05, 3.63) is 84.4 Å². The Hall–Kier alpha value is -5.00. The van der Waals surface area contributed by atoms with Gasteiger partial charge < -0.3 is 53.5 Å². The molecule has 6 rings (SSSR count). The minimum Gasteiger partial charge on any atom is -0.479 e. The maximum absolute atomic E-state index is 13.4. The van der Waals surface area contributed by atoms with Crippen LogP contribution in [0, 0.1) is 0 Å². The van der Waals surface area contributed by atoms with Crippen molar-refractivity contribution in [3.63, 3.8) is 0 Å². The number of nitrogen functional groups attached to an aromatic ring is 2. The van der Waals surface area contributed by atoms with Crippen LogP contribution >= 0.6 is 15.0 Å². The van der Waals surface area contributed by atoms with Crippen LogP contribution in [0.15, 0.2) is 73.3 Å². The third-order valence-corrected chi connectivity index (χ3v) is 9.57. The number of hydrogen-bond acceptors (Lipinski definition) is 16. The molecule has 0 saturated carbocycles. The van der Waals surface area contributed by atoms with Gasteiger partial charge in [0.1, 0.15) is 12.7 Å². The molecule has 2 aromatic carbocycles. The Kier molecular flexibility index (Phi) is 14.0. The summed E-state index contributed by atoms with van der Waals surface area (Å²) >= 11 is 0. The van der Waals surface area contributed by atoms with E-state index in [2.05, 4.69) is 29.9 Å². The van der Waals surface area contributed by atoms with Crippen LogP contribution in [0.4, 0.5) is 11.9 Å². The molecule has 6 aromatic rings. The SMILES string of the molecule is COc1nc(N)nc2c1ncn2CCOCP(=O)(OCc1ccccc1)OCc1ccccc1.COc1nc(N)nc2c1ncn2CCOCP(C)(=O)O. The lowest BCUT2D eigenvalue weighted by Gasteiger charge is -2.19. The number of methoxy groups -OCH3 is 2. The molecule has 4 aromatic heterocycles. The number of fused-ring (bicyclic) bond motifs is 2. The third-order valence-electron chi connectivity index (χ3n) is 7.36. The van der Waals surface area contributed by atoms with Gasteiger partial charge in [0.05, 0.1) is 53.3 Å². The molecule has 0 radical (unpaired) electrons. The van der Waals surface area contributed by atoms with Crippen LogP contribution < -0.4 is 20.9 Å². The van der Waals surface area contributed by atoms with E-state index in [-0.39, 0.29) is 51.0 Å². The average Bonchev–Trinajstić information content (AvgIpc) is 3.77. The third kappa shape index (κ3) is 11.5. The number of nitrogens with zero attached hydrogens (tertiary/aromatic N) is 8. The molecule has 0 saturated heterocycles. The molecular formula is C33H42N10O9P2. The number of ether oxygens (including phenoxy) is 4. The second-order valence-electron chi connectivity index (χ2n) is 11.7. The van der Waals surface area contributed by atoms with E-state index in [1.165, 1.54) is 20.9 Å². The van der Waals surface area contributed by atoms with Crippen LogP contribution in [-0.2, 0) is 54.0 Å². The Bertz CT molecular complexity index is 2150. The molecule has 0 aliphatic heterocycles. The monoisotopic (exact) mass is 784 g/mol. The molecule has 1 atom stereocenters. The minimum atomic E-state index is -3.54. The predicted molar refractivity (Wildman–Crippen MR) is 200 cm³/mol. The van der Waals surface area contributed by atoms with Gasteiger partial charge in [-0.1, -0.05) is 60.7 Å². The molecule has 288 valence electrons. The van der Waals surface area contributed by atoms with Gasteiger partial charge in [-0.2, -0.15) is 19.9 Å². The van der Waals surface area contributed by atoms with Gasteiger partial charge in [0.2, 0.25) is 31.0 Å². The summed E-state index contributed by atoms with van der Waals surface area (Å²) in [7, 11) is -3.72. The quantitative estimate of drug-likeness (QED) is 0.0811. The van der Waals surface area contributed by atoms with Crippen molar-refractivity contribution in [1.82, 2.24) is 39.0 Å². The van der Waals surface area contributed by atoms with Gasteiger partial charge in [0, 0.05) is 19.8 Å². The van der Waals surface area contributed by atoms with Crippen LogP contribution in [0.3, 0.4) is 0 Å². The number of aromatic nitrogens is 8. The van der Waals surface area contributed by atoms with Crippen molar-refractivity contribution in [1.29, 1.82) is 0 Å². The van der Waals surface area contributed by atoms with E-state index in [1.807, 2.05) is 60.7 Å². The van der Waals surface area contributed by atoms with E-state index in [9.17, 15) is 9.13 Å². The Morgan fingerprint density at radius 1 is 0.667 bits per heavy atom. The van der Waals surface area contributed by atoms with Gasteiger partial charge in [-0.05, 0) is 11.1 Å². The van der Waals surface area contributed by atoms with Gasteiger partial charge >= 0.3 is 7.60 Å². The summed E-state index contributed by atoms with van der Waals surface area (Å²) < 4.78 is 60.6. The molecule has 0 spiro atoms. The van der Waals surface area contributed by atoms with Crippen molar-refractivity contribution in [2.24, 2.45) is 0 Å². The van der Waals surface area contributed by atoms with Crippen molar-refractivity contribution >= 4 is 49.2 Å². The maximum Gasteiger partial charge on any atom is 0.356 e. The summed E-state index contributed by atoms with van der Waals surface area (Å²) in [5.41, 5.74) is 15.2. The number of nitrogens with two attached hydrogens (primary N) is 2. The maximum atomic E-state index is 13.4. The minimum absolute atomic E-state index is 0.0835. The first-order valence-corrected chi connectivity index (χ1v) is 20.4. The fraction of sp³-hybridized carbons (Fsp3) is 0.333. The highest BCUT2D eigenvalue weighted by Crippen LogP contribution is 2.49. The molecule has 19 nitrogen and oxygen atoms in total. The van der Waals surface area contributed by atoms with Crippen LogP contribution in [0.2, 0.25) is 0 Å². The van der Waals surface area contributed by atoms with Gasteiger partial charge in [0.15, 0.2) is 22.3 Å². The van der Waals surface area contributed by atoms with E-state index in [1.54, 1.807) is 21.8 Å². The molecule has 0 aliphatic rings. The second kappa shape index (κ2) is 18.9. The Morgan fingerprint density at radius 3 is 1.50 bits per heavy atom. The number of rotatable bonds is 18. The first-order valence-electron chi connectivity index (χ1n) is 16.4. The number of benzene rings is 2. The lowest BCUT2D eigenvalue weighted by atomic mass is 10.2. The lowest BCUT2D eigenvalue weighted by molar-refractivity contribution is 0.117. The largest absolute Gasteiger partial charge is 0.479 e. The highest BCUT2D eigenvalue weighted by atomic mass is 31.2. The Morgan fingerprint density at radius 2 is 1.09 bits per heavy atom. The van der Waals surface area contributed by atoms with Crippen molar-refractivity contribution in [2.45, 2.75) is 26.3 Å². The number of hydrogen-bond donors (Lipinski definition) is 3. The zero-order chi connectivity index (χ0) is 38.6. The average molecular weight is 785 g/mol. The van der Waals surface area contributed by atoms with Crippen LogP contribution in [0.1, 0.15) is 11.1 Å². The van der Waals surface area contributed by atoms with E-state index < -0.39 is 15.0 Å². The lowest BCUT2D eigenvalue weighted by Crippen LogP contribution is -2.10. The van der Waals surface area contributed by atoms with E-state index in [4.69, 9.17) is 44.4 Å². The van der Waals surface area contributed by atoms with E-state index >= 15 is 0 Å². The van der Waals surface area contributed by atoms with Crippen LogP contribution in [0.25, 0.3) is 22.3 Å². The van der Waals surface area contributed by atoms with E-state index in [0.717, 1.165) is 11.1 Å². The molecular weight excluding hydrogens is 742 g/mol. The summed E-state index contributed by atoms with van der Waals surface area (Å²) in [6.07, 6.45) is 2.79. The molecule has 0 amide bonds. The standard InChI is InChI=1S/C23H26N5O5P.C10H16N5O4P/c1-30-22-20-21(26-23(24)27-22)28(16-25-20)12-13-31-17-34(29,32-14-18-8-4-2-5-9-18)33-15-19-10-6-3-7-11-19;1-18-9-7-8(13-10(11)14-9)15(5-12-7)3-4-19-6-20(2,16)17/h2-11,16H,12-15,17H2,1H3,(H2,24,26,27);5H,3-4,6H2,1-2H3,(H,16,17)(H2,11,13,14). The van der Waals surface area contributed by atoms with Gasteiger partial charge in [-0.15, -0.1) is 0 Å². The molecule has 0 aliphatic carbocycles. The fourth-order valence-electron chi connectivity index (χ4n) is 4.82. The molecule has 21 heteroatoms. The summed E-state index contributed by atoms with van der Waals surface area (Å²) in [4.78, 5) is 33.8. The first kappa shape index (κ1) is 40.2. The smallest absolute Gasteiger partial charge is 0.356 e. The molecule has 54 heavy (non-hydrogen) atoms. The highest BCUT2D eigenvalue weighted by molar-refractivity contribution is 7.56. The zero-order valence-electron chi connectivity index (χ0n) is 29.9. The Balaban J connectivity index is 0.000000239. The summed E-state index contributed by atoms with van der Waals surface area (Å²) in [5, 5.41) is 0. The van der Waals surface area contributed by atoms with Gasteiger partial charge in [-0.3, -0.25) is 9.13 Å². The molecule has 0 bridgehead atoms. The molecule has 4 heterocycles. The second-order valence-corrected chi connectivity index (χ2v) is 16.0. The topological polar surface area (TPSA) is 249 Å². The molecule has 5 N–H and O–H groups in total. The summed E-state index contributed by atoms with van der Waals surface area (Å²) in [6.45, 7) is 2.86. The van der Waals surface area contributed by atoms with Gasteiger partial charge in [0.25, 0.3) is 0 Å². The van der Waals surface area contributed by atoms with Crippen molar-refractivity contribution in [2.75, 3.05) is 58.3 Å². The van der Waals surface area contributed by atoms with Gasteiger partial charge in [-0.25, -0.2) is 9.97 Å². The van der Waals surface area contributed by atoms with Crippen LogP contribution in [0.5, 0.6) is 11.8 Å². The number of imidazole rings is 2. The zero-order valence-corrected chi connectivity index (χ0v) is 31.7. The highest BCUT2D eigenvalue weighted by Gasteiger charge is 2.26. The van der Waals surface area contributed by atoms with Crippen molar-refractivity contribution < 1.29 is 42.0 Å². The number of anilines is 2. The molecule has 1 unspecified atom stereocenters. The normalized spacial score (nSPS) is 12.7. The predicted octanol–water partition coefficient (Wildman–Crippen LogP) is 4.31. The molecule has 0 fully saturated rings. The fourth-order valence-corrected chi connectivity index (χ4v) is 6.56. The van der Waals surface area contributed by atoms with Crippen molar-refractivity contribution in [3.8, 4) is 11.8 Å². The Labute approximate surface area is 310 Å². The van der Waals surface area contributed by atoms with Crippen LogP contribution in [-0.4, -0.2) is 90.7 Å². The summed E-state index contributed by atoms with van der Waals surface area (Å²) in [5.74, 6) is 0.779. The first-order chi connectivity index (χ1) is 26.0. The summed E-state index contributed by atoms with van der Waals surface area (Å²) in [6, 6.07) is 19.0. The van der Waals surface area contributed by atoms with E-state index in [0.29, 0.717) is 47.2 Å².